The molecule has 18 heteroatoms. The topological polar surface area (TPSA) is 169 Å². The number of fused-ring (bicyclic) bond motifs is 2. The third-order valence-corrected chi connectivity index (χ3v) is 14.3. The van der Waals surface area contributed by atoms with Gasteiger partial charge in [-0.2, -0.15) is 10.2 Å². The molecule has 4 amide bonds. The van der Waals surface area contributed by atoms with Crippen molar-refractivity contribution < 1.29 is 37.4 Å². The lowest BCUT2D eigenvalue weighted by Crippen LogP contribution is -2.66. The van der Waals surface area contributed by atoms with Gasteiger partial charge in [-0.3, -0.25) is 29.2 Å². The second-order valence-corrected chi connectivity index (χ2v) is 18.6. The Morgan fingerprint density at radius 3 is 2.57 bits per heavy atom. The average molecular weight is 869 g/mol. The highest BCUT2D eigenvalue weighted by atomic mass is 19.3. The summed E-state index contributed by atoms with van der Waals surface area (Å²) in [6.45, 7) is 6.71. The fourth-order valence-electron chi connectivity index (χ4n) is 10.8. The Bertz CT molecular complexity index is 2390. The number of ether oxygens (including phenoxy) is 2. The number of likely N-dealkylation sites (N-methyl/N-ethyl adjacent to an activating group) is 1. The summed E-state index contributed by atoms with van der Waals surface area (Å²) in [6.07, 6.45) is 9.71. The number of para-hydroxylation sites is 1. The van der Waals surface area contributed by atoms with E-state index >= 15 is 0 Å². The van der Waals surface area contributed by atoms with E-state index in [2.05, 4.69) is 30.6 Å². The minimum atomic E-state index is -2.85. The molecule has 0 bridgehead atoms. The highest BCUT2D eigenvalue weighted by molar-refractivity contribution is 6.10. The van der Waals surface area contributed by atoms with E-state index in [-0.39, 0.29) is 53.0 Å². The van der Waals surface area contributed by atoms with Crippen LogP contribution in [0.25, 0.3) is 5.65 Å². The van der Waals surface area contributed by atoms with E-state index < -0.39 is 29.9 Å². The minimum Gasteiger partial charge on any atom is -0.380 e. The SMILES string of the molecule is CN1C(=O)C(C2CCC(=O)NC2=O)c2cccc(CCCOC3CCN(CC4CCC(n5cc(NC(=O)c6cnn7ccc(N8CC9(COC9)C8)nc67)c(C(F)F)n5)CC4)CC3)c21. The van der Waals surface area contributed by atoms with Crippen LogP contribution >= 0.6 is 0 Å². The molecule has 1 aliphatic carbocycles. The van der Waals surface area contributed by atoms with Crippen LogP contribution in [0, 0.1) is 17.3 Å². The number of amides is 4. The third-order valence-electron chi connectivity index (χ3n) is 14.3. The van der Waals surface area contributed by atoms with E-state index in [1.165, 1.54) is 10.7 Å². The Balaban J connectivity index is 0.671. The molecule has 3 aromatic heterocycles. The van der Waals surface area contributed by atoms with E-state index in [1.54, 1.807) is 29.0 Å². The number of piperidine rings is 2. The third kappa shape index (κ3) is 8.09. The van der Waals surface area contributed by atoms with Crippen LogP contribution in [0.5, 0.6) is 0 Å². The lowest BCUT2D eigenvalue weighted by molar-refractivity contribution is -0.139. The summed E-state index contributed by atoms with van der Waals surface area (Å²) in [5, 5.41) is 13.7. The molecule has 1 saturated carbocycles. The zero-order chi connectivity index (χ0) is 43.4. The molecule has 334 valence electrons. The smallest absolute Gasteiger partial charge is 0.284 e. The Morgan fingerprint density at radius 2 is 1.84 bits per heavy atom. The molecule has 0 radical (unpaired) electrons. The van der Waals surface area contributed by atoms with Gasteiger partial charge in [-0.05, 0) is 80.9 Å². The molecule has 8 heterocycles. The molecular formula is C45H54F2N10O6. The first-order valence-electron chi connectivity index (χ1n) is 22.4. The maximum atomic E-state index is 14.3. The number of nitrogens with zero attached hydrogens (tertiary/aromatic N) is 8. The predicted octanol–water partition coefficient (Wildman–Crippen LogP) is 4.91. The number of carbonyl (C=O) groups excluding carboxylic acids is 4. The number of rotatable bonds is 13. The van der Waals surface area contributed by atoms with Crippen LogP contribution in [0.1, 0.15) is 103 Å². The van der Waals surface area contributed by atoms with Crippen molar-refractivity contribution in [1.82, 2.24) is 34.6 Å². The summed E-state index contributed by atoms with van der Waals surface area (Å²) < 4.78 is 43.4. The van der Waals surface area contributed by atoms with Crippen molar-refractivity contribution in [3.63, 3.8) is 0 Å². The van der Waals surface area contributed by atoms with Crippen LogP contribution in [-0.2, 0) is 30.3 Å². The van der Waals surface area contributed by atoms with Gasteiger partial charge in [0.1, 0.15) is 11.4 Å². The zero-order valence-electron chi connectivity index (χ0n) is 35.5. The van der Waals surface area contributed by atoms with Gasteiger partial charge in [-0.15, -0.1) is 0 Å². The largest absolute Gasteiger partial charge is 0.380 e. The summed E-state index contributed by atoms with van der Waals surface area (Å²) in [5.74, 6) is -1.20. The van der Waals surface area contributed by atoms with Crippen molar-refractivity contribution in [2.75, 3.05) is 74.7 Å². The van der Waals surface area contributed by atoms with Crippen molar-refractivity contribution >= 4 is 46.5 Å². The second-order valence-electron chi connectivity index (χ2n) is 18.6. The van der Waals surface area contributed by atoms with Gasteiger partial charge in [0.2, 0.25) is 17.7 Å². The first-order chi connectivity index (χ1) is 30.5. The van der Waals surface area contributed by atoms with Crippen molar-refractivity contribution in [3.05, 3.63) is 65.2 Å². The van der Waals surface area contributed by atoms with Crippen LogP contribution in [0.2, 0.25) is 0 Å². The van der Waals surface area contributed by atoms with Gasteiger partial charge in [0, 0.05) is 65.2 Å². The number of nitrogens with one attached hydrogen (secondary N) is 2. The summed E-state index contributed by atoms with van der Waals surface area (Å²) >= 11 is 0. The minimum absolute atomic E-state index is 0.000208. The Hall–Kier alpha value is -5.33. The Labute approximate surface area is 363 Å². The van der Waals surface area contributed by atoms with Crippen molar-refractivity contribution in [2.24, 2.45) is 17.3 Å². The van der Waals surface area contributed by atoms with Crippen LogP contribution in [0.3, 0.4) is 0 Å². The summed E-state index contributed by atoms with van der Waals surface area (Å²) in [6, 6.07) is 7.75. The normalized spacial score (nSPS) is 25.1. The summed E-state index contributed by atoms with van der Waals surface area (Å²) in [5.41, 5.74) is 3.12. The maximum Gasteiger partial charge on any atom is 0.284 e. The fourth-order valence-corrected chi connectivity index (χ4v) is 10.8. The molecule has 10 rings (SSSR count). The number of aryl methyl sites for hydroxylation is 1. The molecule has 6 aliphatic rings. The summed E-state index contributed by atoms with van der Waals surface area (Å²) in [7, 11) is 1.77. The van der Waals surface area contributed by atoms with Crippen LogP contribution in [0.15, 0.2) is 42.9 Å². The number of hydrogen-bond donors (Lipinski definition) is 2. The Kier molecular flexibility index (Phi) is 11.2. The van der Waals surface area contributed by atoms with Crippen molar-refractivity contribution in [3.8, 4) is 0 Å². The molecule has 1 spiro atoms. The number of aromatic nitrogens is 5. The number of alkyl halides is 2. The highest BCUT2D eigenvalue weighted by Gasteiger charge is 2.50. The fraction of sp³-hybridized carbons (Fsp3) is 0.578. The van der Waals surface area contributed by atoms with Gasteiger partial charge in [-0.25, -0.2) is 18.3 Å². The molecule has 4 aromatic rings. The molecule has 1 aromatic carbocycles. The number of carbonyl (C=O) groups is 4. The molecule has 5 fully saturated rings. The monoisotopic (exact) mass is 868 g/mol. The van der Waals surface area contributed by atoms with Gasteiger partial charge in [0.25, 0.3) is 12.3 Å². The lowest BCUT2D eigenvalue weighted by Gasteiger charge is -2.55. The molecule has 5 aliphatic heterocycles. The number of benzene rings is 1. The van der Waals surface area contributed by atoms with Crippen LogP contribution in [-0.4, -0.2) is 119 Å². The van der Waals surface area contributed by atoms with Crippen molar-refractivity contribution in [2.45, 2.75) is 88.7 Å². The number of anilines is 3. The zero-order valence-corrected chi connectivity index (χ0v) is 35.5. The van der Waals surface area contributed by atoms with E-state index in [1.807, 2.05) is 24.3 Å². The van der Waals surface area contributed by atoms with E-state index in [4.69, 9.17) is 14.5 Å². The van der Waals surface area contributed by atoms with Gasteiger partial charge in [0.05, 0.1) is 60.2 Å². The predicted molar refractivity (Wildman–Crippen MR) is 227 cm³/mol. The molecule has 16 nitrogen and oxygen atoms in total. The molecule has 2 N–H and O–H groups in total. The lowest BCUT2D eigenvalue weighted by atomic mass is 9.78. The van der Waals surface area contributed by atoms with Gasteiger partial charge in [-0.1, -0.05) is 18.2 Å². The van der Waals surface area contributed by atoms with Crippen LogP contribution in [0.4, 0.5) is 26.0 Å². The van der Waals surface area contributed by atoms with Crippen LogP contribution < -0.4 is 20.4 Å². The summed E-state index contributed by atoms with van der Waals surface area (Å²) in [4.78, 5) is 62.3. The number of likely N-dealkylation sites (tertiary alicyclic amines) is 1. The van der Waals surface area contributed by atoms with Gasteiger partial charge in [0.15, 0.2) is 11.3 Å². The molecule has 2 unspecified atom stereocenters. The van der Waals surface area contributed by atoms with Gasteiger partial charge < -0.3 is 29.5 Å². The van der Waals surface area contributed by atoms with E-state index in [9.17, 15) is 28.0 Å². The number of imide groups is 1. The van der Waals surface area contributed by atoms with E-state index in [0.717, 1.165) is 120 Å². The van der Waals surface area contributed by atoms with Gasteiger partial charge >= 0.3 is 0 Å². The maximum absolute atomic E-state index is 14.3. The first-order valence-corrected chi connectivity index (χ1v) is 22.4. The Morgan fingerprint density at radius 1 is 1.05 bits per heavy atom. The molecule has 4 saturated heterocycles. The number of halogens is 2. The highest BCUT2D eigenvalue weighted by Crippen LogP contribution is 2.45. The first kappa shape index (κ1) is 41.7. The standard InChI is InChI=1S/C45H54F2N10O6/c1-53-39-28(4-2-6-31(39)37(44(53)61)32-11-12-36(58)51-42(32)59)5-3-19-63-30-13-16-54(17-14-30)21-27-7-9-29(10-8-27)57-22-34(38(52-57)40(46)47)49-43(60)33-20-48-56-18-15-35(50-41(33)56)55-23-45(24-55)25-62-26-45/h2,4,6,15,18,20,22,27,29-30,32,37,40H,3,5,7-14,16-17,19,21,23-26H2,1H3,(H,49,60)(H,51,58,59). The molecule has 63 heavy (non-hydrogen) atoms. The average Bonchev–Trinajstić information content (AvgIpc) is 3.94. The second kappa shape index (κ2) is 17.0. The van der Waals surface area contributed by atoms with Crippen molar-refractivity contribution in [1.29, 1.82) is 0 Å². The number of hydrogen-bond acceptors (Lipinski definition) is 11. The molecule has 2 atom stereocenters. The van der Waals surface area contributed by atoms with E-state index in [0.29, 0.717) is 24.6 Å². The quantitative estimate of drug-likeness (QED) is 0.138. The molecular weight excluding hydrogens is 815 g/mol.